The highest BCUT2D eigenvalue weighted by molar-refractivity contribution is 6.44. The predicted octanol–water partition coefficient (Wildman–Crippen LogP) is 5.37. The average molecular weight is 332 g/mol. The van der Waals surface area contributed by atoms with Crippen LogP contribution in [0.2, 0.25) is 15.1 Å². The second-order valence-corrected chi connectivity index (χ2v) is 5.24. The van der Waals surface area contributed by atoms with Crippen molar-refractivity contribution in [2.24, 2.45) is 0 Å². The molecule has 0 atom stereocenters. The van der Waals surface area contributed by atoms with E-state index in [9.17, 15) is 0 Å². The van der Waals surface area contributed by atoms with E-state index in [4.69, 9.17) is 45.3 Å². The van der Waals surface area contributed by atoms with E-state index in [1.807, 2.05) is 19.1 Å². The molecule has 0 saturated heterocycles. The molecule has 106 valence electrons. The van der Waals surface area contributed by atoms with E-state index >= 15 is 0 Å². The van der Waals surface area contributed by atoms with Gasteiger partial charge in [-0.1, -0.05) is 40.9 Å². The molecule has 2 rings (SSSR count). The van der Waals surface area contributed by atoms with Crippen LogP contribution in [-0.2, 0) is 0 Å². The largest absolute Gasteiger partial charge is 0.492 e. The number of rotatable bonds is 4. The van der Waals surface area contributed by atoms with Crippen molar-refractivity contribution in [3.8, 4) is 5.75 Å². The minimum atomic E-state index is 0.401. The van der Waals surface area contributed by atoms with E-state index < -0.39 is 0 Å². The van der Waals surface area contributed by atoms with Gasteiger partial charge in [-0.15, -0.1) is 0 Å². The molecule has 0 aliphatic heterocycles. The Labute approximate surface area is 132 Å². The van der Waals surface area contributed by atoms with Gasteiger partial charge in [0.2, 0.25) is 0 Å². The van der Waals surface area contributed by atoms with Gasteiger partial charge in [-0.2, -0.15) is 0 Å². The first-order valence-electron chi connectivity index (χ1n) is 5.95. The van der Waals surface area contributed by atoms with Crippen LogP contribution in [0.3, 0.4) is 0 Å². The van der Waals surface area contributed by atoms with Gasteiger partial charge in [0.25, 0.3) is 0 Å². The Hall–Kier alpha value is -1.29. The van der Waals surface area contributed by atoms with Crippen LogP contribution in [-0.4, -0.2) is 6.61 Å². The van der Waals surface area contributed by atoms with Gasteiger partial charge in [0, 0.05) is 0 Å². The lowest BCUT2D eigenvalue weighted by molar-refractivity contribution is 0.342. The highest BCUT2D eigenvalue weighted by Gasteiger charge is 2.10. The van der Waals surface area contributed by atoms with Crippen molar-refractivity contribution in [3.05, 3.63) is 45.4 Å². The first-order chi connectivity index (χ1) is 9.52. The smallest absolute Gasteiger partial charge is 0.144 e. The van der Waals surface area contributed by atoms with Crippen molar-refractivity contribution in [2.45, 2.75) is 6.92 Å². The zero-order valence-corrected chi connectivity index (χ0v) is 13.0. The molecular formula is C14H13Cl3N2O. The number of nitrogens with two attached hydrogens (primary N) is 1. The minimum absolute atomic E-state index is 0.401. The summed E-state index contributed by atoms with van der Waals surface area (Å²) in [7, 11) is 0. The Morgan fingerprint density at radius 1 is 1.05 bits per heavy atom. The Kier molecular flexibility index (Phi) is 4.86. The summed E-state index contributed by atoms with van der Waals surface area (Å²) < 4.78 is 5.44. The summed E-state index contributed by atoms with van der Waals surface area (Å²) in [6.07, 6.45) is 0. The summed E-state index contributed by atoms with van der Waals surface area (Å²) in [5.41, 5.74) is 7.87. The van der Waals surface area contributed by atoms with E-state index in [2.05, 4.69) is 5.32 Å². The van der Waals surface area contributed by atoms with Crippen molar-refractivity contribution >= 4 is 51.9 Å². The van der Waals surface area contributed by atoms with Gasteiger partial charge < -0.3 is 15.8 Å². The van der Waals surface area contributed by atoms with E-state index in [0.717, 1.165) is 0 Å². The SMILES string of the molecule is CCOc1cccc(Nc2cc(Cl)c(Cl)cc2Cl)c1N. The van der Waals surface area contributed by atoms with Gasteiger partial charge in [0.05, 0.1) is 38.7 Å². The van der Waals surface area contributed by atoms with Gasteiger partial charge in [0.15, 0.2) is 0 Å². The lowest BCUT2D eigenvalue weighted by Gasteiger charge is -2.14. The summed E-state index contributed by atoms with van der Waals surface area (Å²) in [5.74, 6) is 0.619. The van der Waals surface area contributed by atoms with Crippen LogP contribution in [0, 0.1) is 0 Å². The van der Waals surface area contributed by atoms with Crippen LogP contribution in [0.1, 0.15) is 6.92 Å². The summed E-state index contributed by atoms with van der Waals surface area (Å²) in [6, 6.07) is 8.71. The van der Waals surface area contributed by atoms with E-state index in [1.54, 1.807) is 18.2 Å². The molecule has 3 nitrogen and oxygen atoms in total. The molecule has 0 fully saturated rings. The fraction of sp³-hybridized carbons (Fsp3) is 0.143. The number of hydrogen-bond donors (Lipinski definition) is 2. The molecule has 0 spiro atoms. The topological polar surface area (TPSA) is 47.3 Å². The summed E-state index contributed by atoms with van der Waals surface area (Å²) in [5, 5.41) is 4.40. The number of nitrogen functional groups attached to an aromatic ring is 1. The number of ether oxygens (including phenoxy) is 1. The van der Waals surface area contributed by atoms with Crippen molar-refractivity contribution in [1.82, 2.24) is 0 Å². The second kappa shape index (κ2) is 6.44. The van der Waals surface area contributed by atoms with E-state index in [0.29, 0.717) is 44.5 Å². The Morgan fingerprint density at radius 3 is 2.45 bits per heavy atom. The molecule has 2 aromatic rings. The number of anilines is 3. The number of benzene rings is 2. The van der Waals surface area contributed by atoms with Crippen molar-refractivity contribution in [3.63, 3.8) is 0 Å². The molecule has 0 amide bonds. The van der Waals surface area contributed by atoms with Crippen LogP contribution < -0.4 is 15.8 Å². The Balaban J connectivity index is 2.35. The van der Waals surface area contributed by atoms with Crippen molar-refractivity contribution < 1.29 is 4.74 Å². The third kappa shape index (κ3) is 3.23. The van der Waals surface area contributed by atoms with E-state index in [-0.39, 0.29) is 0 Å². The lowest BCUT2D eigenvalue weighted by Crippen LogP contribution is -2.01. The normalized spacial score (nSPS) is 10.4. The van der Waals surface area contributed by atoms with Gasteiger partial charge >= 0.3 is 0 Å². The van der Waals surface area contributed by atoms with Gasteiger partial charge in [-0.3, -0.25) is 0 Å². The maximum absolute atomic E-state index is 6.13. The summed E-state index contributed by atoms with van der Waals surface area (Å²) >= 11 is 18.0. The molecule has 6 heteroatoms. The Bertz CT molecular complexity index is 632. The van der Waals surface area contributed by atoms with Gasteiger partial charge in [-0.25, -0.2) is 0 Å². The minimum Gasteiger partial charge on any atom is -0.492 e. The highest BCUT2D eigenvalue weighted by atomic mass is 35.5. The van der Waals surface area contributed by atoms with Crippen molar-refractivity contribution in [2.75, 3.05) is 17.7 Å². The van der Waals surface area contributed by atoms with Crippen LogP contribution in [0.4, 0.5) is 17.1 Å². The third-order valence-electron chi connectivity index (χ3n) is 2.65. The highest BCUT2D eigenvalue weighted by Crippen LogP contribution is 2.37. The number of hydrogen-bond acceptors (Lipinski definition) is 3. The predicted molar refractivity (Wildman–Crippen MR) is 86.8 cm³/mol. The number of para-hydroxylation sites is 1. The zero-order chi connectivity index (χ0) is 14.7. The van der Waals surface area contributed by atoms with E-state index in [1.165, 1.54) is 0 Å². The summed E-state index contributed by atoms with van der Waals surface area (Å²) in [4.78, 5) is 0. The standard InChI is InChI=1S/C14H13Cl3N2O/c1-2-20-13-5-3-4-11(14(13)18)19-12-7-9(16)8(15)6-10(12)17/h3-7,19H,2,18H2,1H3. The molecule has 0 aromatic heterocycles. The molecule has 0 aliphatic carbocycles. The first-order valence-corrected chi connectivity index (χ1v) is 7.09. The molecular weight excluding hydrogens is 319 g/mol. The summed E-state index contributed by atoms with van der Waals surface area (Å²) in [6.45, 7) is 2.44. The van der Waals surface area contributed by atoms with Crippen molar-refractivity contribution in [1.29, 1.82) is 0 Å². The second-order valence-electron chi connectivity index (χ2n) is 4.02. The first kappa shape index (κ1) is 15.1. The van der Waals surface area contributed by atoms with Crippen LogP contribution in [0.15, 0.2) is 30.3 Å². The fourth-order valence-electron chi connectivity index (χ4n) is 1.70. The van der Waals surface area contributed by atoms with Gasteiger partial charge in [0.1, 0.15) is 5.75 Å². The van der Waals surface area contributed by atoms with Crippen LogP contribution >= 0.6 is 34.8 Å². The quantitative estimate of drug-likeness (QED) is 0.584. The number of halogens is 3. The monoisotopic (exact) mass is 330 g/mol. The Morgan fingerprint density at radius 2 is 1.75 bits per heavy atom. The lowest BCUT2D eigenvalue weighted by atomic mass is 10.2. The molecule has 0 bridgehead atoms. The zero-order valence-electron chi connectivity index (χ0n) is 10.7. The molecule has 0 heterocycles. The number of nitrogens with one attached hydrogen (secondary N) is 1. The molecule has 3 N–H and O–H groups in total. The van der Waals surface area contributed by atoms with Crippen LogP contribution in [0.25, 0.3) is 0 Å². The maximum Gasteiger partial charge on any atom is 0.144 e. The van der Waals surface area contributed by atoms with Gasteiger partial charge in [-0.05, 0) is 31.2 Å². The molecule has 0 unspecified atom stereocenters. The third-order valence-corrected chi connectivity index (χ3v) is 3.68. The fourth-order valence-corrected chi connectivity index (χ4v) is 2.29. The molecule has 2 aromatic carbocycles. The molecule has 20 heavy (non-hydrogen) atoms. The average Bonchev–Trinajstić information content (AvgIpc) is 2.40. The molecule has 0 aliphatic rings. The molecule has 0 radical (unpaired) electrons. The molecule has 0 saturated carbocycles. The van der Waals surface area contributed by atoms with Crippen LogP contribution in [0.5, 0.6) is 5.75 Å². The maximum atomic E-state index is 6.13.